The summed E-state index contributed by atoms with van der Waals surface area (Å²) in [7, 11) is 1.48. The van der Waals surface area contributed by atoms with E-state index in [0.717, 1.165) is 0 Å². The minimum absolute atomic E-state index is 0.0304. The maximum Gasteiger partial charge on any atom is 0.586 e. The molecular formula is C13H11F2N3O3. The SMILES string of the molecule is COc1ccc(N)c(Nc2ccc3c(c2)OC(F)(F)O3)n1. The molecule has 3 rings (SSSR count). The fourth-order valence-electron chi connectivity index (χ4n) is 1.83. The van der Waals surface area contributed by atoms with Gasteiger partial charge in [0.1, 0.15) is 0 Å². The molecule has 110 valence electrons. The Morgan fingerprint density at radius 3 is 2.71 bits per heavy atom. The van der Waals surface area contributed by atoms with Crippen molar-refractivity contribution in [2.24, 2.45) is 0 Å². The van der Waals surface area contributed by atoms with Crippen LogP contribution in [0.5, 0.6) is 17.4 Å². The summed E-state index contributed by atoms with van der Waals surface area (Å²) in [5.74, 6) is 0.627. The van der Waals surface area contributed by atoms with Crippen LogP contribution in [0.15, 0.2) is 30.3 Å². The first kappa shape index (κ1) is 13.2. The second-order valence-electron chi connectivity index (χ2n) is 4.25. The average molecular weight is 295 g/mol. The van der Waals surface area contributed by atoms with Gasteiger partial charge in [-0.15, -0.1) is 8.78 Å². The van der Waals surface area contributed by atoms with Gasteiger partial charge in [-0.05, 0) is 18.2 Å². The Bertz CT molecular complexity index is 694. The summed E-state index contributed by atoms with van der Waals surface area (Å²) in [5, 5.41) is 2.91. The fourth-order valence-corrected chi connectivity index (χ4v) is 1.83. The lowest BCUT2D eigenvalue weighted by molar-refractivity contribution is -0.286. The highest BCUT2D eigenvalue weighted by atomic mass is 19.3. The van der Waals surface area contributed by atoms with Crippen LogP contribution in [0.2, 0.25) is 0 Å². The number of fused-ring (bicyclic) bond motifs is 1. The smallest absolute Gasteiger partial charge is 0.481 e. The average Bonchev–Trinajstić information content (AvgIpc) is 2.74. The molecule has 0 amide bonds. The van der Waals surface area contributed by atoms with E-state index in [-0.39, 0.29) is 11.5 Å². The first-order valence-corrected chi connectivity index (χ1v) is 5.94. The predicted molar refractivity (Wildman–Crippen MR) is 71.1 cm³/mol. The van der Waals surface area contributed by atoms with Crippen molar-refractivity contribution in [2.45, 2.75) is 6.29 Å². The molecule has 0 bridgehead atoms. The van der Waals surface area contributed by atoms with Crippen LogP contribution in [0.25, 0.3) is 0 Å². The molecule has 0 atom stereocenters. The second-order valence-corrected chi connectivity index (χ2v) is 4.25. The molecule has 1 aliphatic heterocycles. The van der Waals surface area contributed by atoms with Crippen LogP contribution in [0.1, 0.15) is 0 Å². The van der Waals surface area contributed by atoms with Gasteiger partial charge in [0.05, 0.1) is 12.8 Å². The van der Waals surface area contributed by atoms with Crippen molar-refractivity contribution in [3.8, 4) is 17.4 Å². The van der Waals surface area contributed by atoms with Crippen molar-refractivity contribution in [2.75, 3.05) is 18.2 Å². The molecule has 2 aromatic rings. The zero-order valence-electron chi connectivity index (χ0n) is 10.9. The number of hydrogen-bond acceptors (Lipinski definition) is 6. The van der Waals surface area contributed by atoms with E-state index in [1.54, 1.807) is 18.2 Å². The Labute approximate surface area is 118 Å². The zero-order chi connectivity index (χ0) is 15.0. The number of alkyl halides is 2. The molecule has 2 heterocycles. The minimum atomic E-state index is -3.64. The van der Waals surface area contributed by atoms with Crippen LogP contribution in [0.3, 0.4) is 0 Å². The molecule has 1 aliphatic rings. The molecule has 0 saturated carbocycles. The van der Waals surface area contributed by atoms with Gasteiger partial charge in [-0.1, -0.05) is 0 Å². The number of aromatic nitrogens is 1. The number of anilines is 3. The number of nitrogens with one attached hydrogen (secondary N) is 1. The van der Waals surface area contributed by atoms with Crippen LogP contribution < -0.4 is 25.3 Å². The number of nitrogens with zero attached hydrogens (tertiary/aromatic N) is 1. The molecule has 21 heavy (non-hydrogen) atoms. The first-order valence-electron chi connectivity index (χ1n) is 5.94. The van der Waals surface area contributed by atoms with E-state index in [1.807, 2.05) is 0 Å². The third-order valence-corrected chi connectivity index (χ3v) is 2.77. The number of nitrogens with two attached hydrogens (primary N) is 1. The summed E-state index contributed by atoms with van der Waals surface area (Å²) in [6, 6.07) is 7.52. The second kappa shape index (κ2) is 4.65. The third-order valence-electron chi connectivity index (χ3n) is 2.77. The molecule has 0 spiro atoms. The van der Waals surface area contributed by atoms with Gasteiger partial charge in [-0.25, -0.2) is 0 Å². The lowest BCUT2D eigenvalue weighted by Gasteiger charge is -2.10. The first-order chi connectivity index (χ1) is 9.97. The van der Waals surface area contributed by atoms with Gasteiger partial charge in [0.25, 0.3) is 0 Å². The maximum atomic E-state index is 12.9. The molecule has 8 heteroatoms. The van der Waals surface area contributed by atoms with Crippen LogP contribution in [0.4, 0.5) is 26.0 Å². The summed E-state index contributed by atoms with van der Waals surface area (Å²) in [6.07, 6.45) is -3.64. The summed E-state index contributed by atoms with van der Waals surface area (Å²) in [5.41, 5.74) is 6.65. The van der Waals surface area contributed by atoms with Crippen molar-refractivity contribution in [1.29, 1.82) is 0 Å². The molecule has 0 fully saturated rings. The largest absolute Gasteiger partial charge is 0.586 e. The number of nitrogen functional groups attached to an aromatic ring is 1. The van der Waals surface area contributed by atoms with Gasteiger partial charge >= 0.3 is 6.29 Å². The number of rotatable bonds is 3. The Hall–Kier alpha value is -2.77. The summed E-state index contributed by atoms with van der Waals surface area (Å²) in [6.45, 7) is 0. The number of hydrogen-bond donors (Lipinski definition) is 2. The maximum absolute atomic E-state index is 12.9. The Morgan fingerprint density at radius 1 is 1.19 bits per heavy atom. The van der Waals surface area contributed by atoms with Crippen molar-refractivity contribution in [1.82, 2.24) is 4.98 Å². The van der Waals surface area contributed by atoms with E-state index >= 15 is 0 Å². The van der Waals surface area contributed by atoms with Crippen LogP contribution in [-0.2, 0) is 0 Å². The zero-order valence-corrected chi connectivity index (χ0v) is 10.9. The van der Waals surface area contributed by atoms with E-state index in [9.17, 15) is 8.78 Å². The topological polar surface area (TPSA) is 78.6 Å². The number of benzene rings is 1. The molecule has 6 nitrogen and oxygen atoms in total. The summed E-state index contributed by atoms with van der Waals surface area (Å²) in [4.78, 5) is 4.13. The van der Waals surface area contributed by atoms with Crippen LogP contribution in [-0.4, -0.2) is 18.4 Å². The van der Waals surface area contributed by atoms with Crippen LogP contribution >= 0.6 is 0 Å². The van der Waals surface area contributed by atoms with E-state index in [2.05, 4.69) is 19.8 Å². The predicted octanol–water partition coefficient (Wildman–Crippen LogP) is 2.74. The van der Waals surface area contributed by atoms with Crippen LogP contribution in [0, 0.1) is 0 Å². The number of halogens is 2. The number of pyridine rings is 1. The van der Waals surface area contributed by atoms with E-state index < -0.39 is 6.29 Å². The molecule has 1 aromatic carbocycles. The lowest BCUT2D eigenvalue weighted by Crippen LogP contribution is -2.25. The normalized spacial score (nSPS) is 14.8. The Kier molecular flexibility index (Phi) is 2.93. The molecule has 1 aromatic heterocycles. The molecule has 3 N–H and O–H groups in total. The monoisotopic (exact) mass is 295 g/mol. The molecular weight excluding hydrogens is 284 g/mol. The summed E-state index contributed by atoms with van der Waals surface area (Å²) >= 11 is 0. The van der Waals surface area contributed by atoms with E-state index in [4.69, 9.17) is 10.5 Å². The molecule has 0 saturated heterocycles. The third kappa shape index (κ3) is 2.60. The highest BCUT2D eigenvalue weighted by molar-refractivity contribution is 5.70. The minimum Gasteiger partial charge on any atom is -0.481 e. The lowest BCUT2D eigenvalue weighted by atomic mass is 10.2. The van der Waals surface area contributed by atoms with E-state index in [0.29, 0.717) is 23.1 Å². The molecule has 0 unspecified atom stereocenters. The highest BCUT2D eigenvalue weighted by Crippen LogP contribution is 2.42. The fraction of sp³-hybridized carbons (Fsp3) is 0.154. The van der Waals surface area contributed by atoms with Gasteiger partial charge in [0.15, 0.2) is 17.3 Å². The van der Waals surface area contributed by atoms with E-state index in [1.165, 1.54) is 19.2 Å². The van der Waals surface area contributed by atoms with Gasteiger partial charge in [0.2, 0.25) is 5.88 Å². The van der Waals surface area contributed by atoms with Gasteiger partial charge in [0, 0.05) is 17.8 Å². The quantitative estimate of drug-likeness (QED) is 0.906. The Morgan fingerprint density at radius 2 is 1.95 bits per heavy atom. The highest BCUT2D eigenvalue weighted by Gasteiger charge is 2.43. The van der Waals surface area contributed by atoms with Crippen molar-refractivity contribution >= 4 is 17.2 Å². The van der Waals surface area contributed by atoms with Gasteiger partial charge in [-0.3, -0.25) is 0 Å². The number of methoxy groups -OCH3 is 1. The number of ether oxygens (including phenoxy) is 3. The molecule has 0 radical (unpaired) electrons. The van der Waals surface area contributed by atoms with Crippen molar-refractivity contribution < 1.29 is 23.0 Å². The Balaban J connectivity index is 1.87. The standard InChI is InChI=1S/C13H11F2N3O3/c1-19-11-5-3-8(16)12(18-11)17-7-2-4-9-10(6-7)21-13(14,15)20-9/h2-6H,16H2,1H3,(H,17,18). The van der Waals surface area contributed by atoms with Gasteiger partial charge < -0.3 is 25.3 Å². The van der Waals surface area contributed by atoms with Crippen molar-refractivity contribution in [3.05, 3.63) is 30.3 Å². The summed E-state index contributed by atoms with van der Waals surface area (Å²) < 4.78 is 39.6. The van der Waals surface area contributed by atoms with Crippen molar-refractivity contribution in [3.63, 3.8) is 0 Å². The van der Waals surface area contributed by atoms with Gasteiger partial charge in [-0.2, -0.15) is 4.98 Å². The molecule has 0 aliphatic carbocycles.